The SMILES string of the molecule is CC(C)C(C(=O)N1CCCC1C(=O)NCc1ccc(-c2cnoc2)cc1)N1Cc2ccccc2C1=O. The molecule has 1 saturated heterocycles. The first-order valence-corrected chi connectivity index (χ1v) is 12.4. The van der Waals surface area contributed by atoms with E-state index >= 15 is 0 Å². The molecule has 36 heavy (non-hydrogen) atoms. The van der Waals surface area contributed by atoms with E-state index in [2.05, 4.69) is 10.5 Å². The van der Waals surface area contributed by atoms with E-state index in [0.717, 1.165) is 28.7 Å². The van der Waals surface area contributed by atoms with Crippen LogP contribution in [-0.2, 0) is 22.7 Å². The number of nitrogens with zero attached hydrogens (tertiary/aromatic N) is 3. The van der Waals surface area contributed by atoms with Crippen LogP contribution in [0.5, 0.6) is 0 Å². The van der Waals surface area contributed by atoms with Crippen molar-refractivity contribution in [1.82, 2.24) is 20.3 Å². The van der Waals surface area contributed by atoms with Gasteiger partial charge < -0.3 is 19.6 Å². The molecular formula is C28H30N4O4. The molecule has 0 saturated carbocycles. The number of nitrogens with one attached hydrogen (secondary N) is 1. The van der Waals surface area contributed by atoms with Crippen LogP contribution in [0.1, 0.15) is 48.2 Å². The summed E-state index contributed by atoms with van der Waals surface area (Å²) in [6, 6.07) is 14.2. The number of benzene rings is 2. The summed E-state index contributed by atoms with van der Waals surface area (Å²) < 4.78 is 4.89. The van der Waals surface area contributed by atoms with Crippen molar-refractivity contribution < 1.29 is 18.9 Å². The molecule has 1 aromatic heterocycles. The minimum Gasteiger partial charge on any atom is -0.364 e. The van der Waals surface area contributed by atoms with Crippen LogP contribution in [0.4, 0.5) is 0 Å². The Balaban J connectivity index is 1.25. The Labute approximate surface area is 210 Å². The fourth-order valence-corrected chi connectivity index (χ4v) is 5.22. The maximum absolute atomic E-state index is 13.7. The van der Waals surface area contributed by atoms with Crippen LogP contribution in [0.2, 0.25) is 0 Å². The van der Waals surface area contributed by atoms with E-state index in [9.17, 15) is 14.4 Å². The average molecular weight is 487 g/mol. The summed E-state index contributed by atoms with van der Waals surface area (Å²) in [5.74, 6) is -0.513. The van der Waals surface area contributed by atoms with Gasteiger partial charge in [0, 0.05) is 30.8 Å². The number of likely N-dealkylation sites (tertiary alicyclic amines) is 1. The lowest BCUT2D eigenvalue weighted by molar-refractivity contribution is -0.143. The van der Waals surface area contributed by atoms with Crippen molar-refractivity contribution in [2.75, 3.05) is 6.54 Å². The third-order valence-electron chi connectivity index (χ3n) is 7.09. The summed E-state index contributed by atoms with van der Waals surface area (Å²) in [5, 5.41) is 6.72. The van der Waals surface area contributed by atoms with Gasteiger partial charge in [-0.25, -0.2) is 0 Å². The van der Waals surface area contributed by atoms with Gasteiger partial charge in [0.25, 0.3) is 5.91 Å². The number of rotatable bonds is 7. The van der Waals surface area contributed by atoms with E-state index in [0.29, 0.717) is 31.6 Å². The van der Waals surface area contributed by atoms with Gasteiger partial charge in [-0.1, -0.05) is 61.5 Å². The van der Waals surface area contributed by atoms with Crippen molar-refractivity contribution in [3.63, 3.8) is 0 Å². The summed E-state index contributed by atoms with van der Waals surface area (Å²) in [6.45, 7) is 5.21. The lowest BCUT2D eigenvalue weighted by atomic mass is 10.0. The zero-order chi connectivity index (χ0) is 25.2. The molecule has 2 aliphatic heterocycles. The molecule has 2 aliphatic rings. The first-order valence-electron chi connectivity index (χ1n) is 12.4. The van der Waals surface area contributed by atoms with Crippen LogP contribution in [0.25, 0.3) is 11.1 Å². The molecule has 0 bridgehead atoms. The van der Waals surface area contributed by atoms with Gasteiger partial charge in [0.1, 0.15) is 18.3 Å². The maximum atomic E-state index is 13.7. The molecule has 2 aromatic carbocycles. The van der Waals surface area contributed by atoms with Gasteiger partial charge in [0.15, 0.2) is 0 Å². The predicted octanol–water partition coefficient (Wildman–Crippen LogP) is 3.63. The lowest BCUT2D eigenvalue weighted by Crippen LogP contribution is -2.55. The van der Waals surface area contributed by atoms with Crippen LogP contribution >= 0.6 is 0 Å². The number of aromatic nitrogens is 1. The van der Waals surface area contributed by atoms with Gasteiger partial charge in [0.2, 0.25) is 11.8 Å². The van der Waals surface area contributed by atoms with Crippen molar-refractivity contribution in [3.05, 3.63) is 77.7 Å². The molecule has 3 aromatic rings. The highest BCUT2D eigenvalue weighted by Crippen LogP contribution is 2.30. The molecule has 2 unspecified atom stereocenters. The molecule has 0 aliphatic carbocycles. The second-order valence-corrected chi connectivity index (χ2v) is 9.80. The first-order chi connectivity index (χ1) is 17.4. The van der Waals surface area contributed by atoms with Crippen LogP contribution in [0.3, 0.4) is 0 Å². The molecule has 0 spiro atoms. The van der Waals surface area contributed by atoms with Crippen molar-refractivity contribution in [1.29, 1.82) is 0 Å². The minimum absolute atomic E-state index is 0.0796. The summed E-state index contributed by atoms with van der Waals surface area (Å²) in [4.78, 5) is 43.3. The Bertz CT molecular complexity index is 1250. The number of hydrogen-bond acceptors (Lipinski definition) is 5. The van der Waals surface area contributed by atoms with Gasteiger partial charge in [-0.05, 0) is 41.5 Å². The number of fused-ring (bicyclic) bond motifs is 1. The predicted molar refractivity (Wildman–Crippen MR) is 133 cm³/mol. The minimum atomic E-state index is -0.608. The topological polar surface area (TPSA) is 95.8 Å². The molecule has 1 N–H and O–H groups in total. The number of carbonyl (C=O) groups excluding carboxylic acids is 3. The summed E-state index contributed by atoms with van der Waals surface area (Å²) in [7, 11) is 0. The standard InChI is InChI=1S/C28H30N4O4/c1-18(2)25(32-16-21-6-3-4-7-23(21)27(32)34)28(35)31-13-5-8-24(31)26(33)29-14-19-9-11-20(12-10-19)22-15-30-36-17-22/h3-4,6-7,9-12,15,17-18,24-25H,5,8,13-14,16H2,1-2H3,(H,29,33). The molecule has 8 heteroatoms. The normalized spacial score (nSPS) is 18.0. The molecular weight excluding hydrogens is 456 g/mol. The Morgan fingerprint density at radius 3 is 2.58 bits per heavy atom. The van der Waals surface area contributed by atoms with E-state index in [-0.39, 0.29) is 23.6 Å². The van der Waals surface area contributed by atoms with E-state index in [1.54, 1.807) is 22.3 Å². The van der Waals surface area contributed by atoms with Gasteiger partial charge >= 0.3 is 0 Å². The highest BCUT2D eigenvalue weighted by Gasteiger charge is 2.43. The van der Waals surface area contributed by atoms with Crippen molar-refractivity contribution in [2.24, 2.45) is 5.92 Å². The van der Waals surface area contributed by atoms with E-state index < -0.39 is 12.1 Å². The second kappa shape index (κ2) is 9.97. The van der Waals surface area contributed by atoms with Crippen LogP contribution in [-0.4, -0.2) is 51.3 Å². The molecule has 1 fully saturated rings. The van der Waals surface area contributed by atoms with Gasteiger partial charge in [-0.3, -0.25) is 14.4 Å². The molecule has 3 amide bonds. The third kappa shape index (κ3) is 4.51. The van der Waals surface area contributed by atoms with Crippen molar-refractivity contribution >= 4 is 17.7 Å². The van der Waals surface area contributed by atoms with Crippen LogP contribution < -0.4 is 5.32 Å². The number of hydrogen-bond donors (Lipinski definition) is 1. The quantitative estimate of drug-likeness (QED) is 0.550. The van der Waals surface area contributed by atoms with Gasteiger partial charge in [-0.2, -0.15) is 0 Å². The zero-order valence-corrected chi connectivity index (χ0v) is 20.5. The summed E-state index contributed by atoms with van der Waals surface area (Å²) in [5.41, 5.74) is 4.43. The summed E-state index contributed by atoms with van der Waals surface area (Å²) in [6.07, 6.45) is 4.61. The molecule has 2 atom stereocenters. The molecule has 5 rings (SSSR count). The number of amides is 3. The highest BCUT2D eigenvalue weighted by molar-refractivity contribution is 6.01. The average Bonchev–Trinajstić information content (AvgIpc) is 3.64. The second-order valence-electron chi connectivity index (χ2n) is 9.80. The Hall–Kier alpha value is -3.94. The monoisotopic (exact) mass is 486 g/mol. The maximum Gasteiger partial charge on any atom is 0.255 e. The van der Waals surface area contributed by atoms with Gasteiger partial charge in [-0.15, -0.1) is 0 Å². The molecule has 0 radical (unpaired) electrons. The van der Waals surface area contributed by atoms with Crippen LogP contribution in [0, 0.1) is 5.92 Å². The van der Waals surface area contributed by atoms with E-state index in [4.69, 9.17) is 4.52 Å². The summed E-state index contributed by atoms with van der Waals surface area (Å²) >= 11 is 0. The fraction of sp³-hybridized carbons (Fsp3) is 0.357. The highest BCUT2D eigenvalue weighted by atomic mass is 16.5. The first kappa shape index (κ1) is 23.8. The van der Waals surface area contributed by atoms with Crippen LogP contribution in [0.15, 0.2) is 65.5 Å². The lowest BCUT2D eigenvalue weighted by Gasteiger charge is -2.35. The Morgan fingerprint density at radius 1 is 1.11 bits per heavy atom. The Kier molecular flexibility index (Phi) is 6.59. The molecule has 186 valence electrons. The van der Waals surface area contributed by atoms with E-state index in [1.807, 2.05) is 62.4 Å². The smallest absolute Gasteiger partial charge is 0.255 e. The molecule has 3 heterocycles. The van der Waals surface area contributed by atoms with Crippen molar-refractivity contribution in [3.8, 4) is 11.1 Å². The largest absolute Gasteiger partial charge is 0.364 e. The number of carbonyl (C=O) groups is 3. The molecule has 8 nitrogen and oxygen atoms in total. The zero-order valence-electron chi connectivity index (χ0n) is 20.5. The van der Waals surface area contributed by atoms with Crippen molar-refractivity contribution in [2.45, 2.75) is 51.9 Å². The van der Waals surface area contributed by atoms with E-state index in [1.165, 1.54) is 0 Å². The fourth-order valence-electron chi connectivity index (χ4n) is 5.22. The Morgan fingerprint density at radius 2 is 1.89 bits per heavy atom. The third-order valence-corrected chi connectivity index (χ3v) is 7.09. The van der Waals surface area contributed by atoms with Gasteiger partial charge in [0.05, 0.1) is 6.20 Å².